The van der Waals surface area contributed by atoms with Gasteiger partial charge in [0.1, 0.15) is 0 Å². The summed E-state index contributed by atoms with van der Waals surface area (Å²) in [7, 11) is 0. The zero-order chi connectivity index (χ0) is 22.5. The van der Waals surface area contributed by atoms with Gasteiger partial charge in [0.15, 0.2) is 12.4 Å². The van der Waals surface area contributed by atoms with Crippen LogP contribution in [-0.2, 0) is 9.53 Å². The number of ether oxygens (including phenoxy) is 1. The highest BCUT2D eigenvalue weighted by Crippen LogP contribution is 2.25. The third-order valence-corrected chi connectivity index (χ3v) is 5.09. The maximum Gasteiger partial charge on any atom is 0.378 e. The molecule has 0 bridgehead atoms. The van der Waals surface area contributed by atoms with Crippen molar-refractivity contribution in [3.8, 4) is 16.4 Å². The second-order valence-corrected chi connectivity index (χ2v) is 7.36. The van der Waals surface area contributed by atoms with E-state index in [2.05, 4.69) is 15.4 Å². The quantitative estimate of drug-likeness (QED) is 0.259. The number of aromatic nitrogens is 3. The van der Waals surface area contributed by atoms with E-state index in [9.17, 15) is 19.7 Å². The Labute approximate surface area is 185 Å². The summed E-state index contributed by atoms with van der Waals surface area (Å²) in [5.74, 6) is -1.15. The number of esters is 1. The normalized spacial score (nSPS) is 10.5. The van der Waals surface area contributed by atoms with E-state index in [1.54, 1.807) is 4.68 Å². The molecule has 160 valence electrons. The van der Waals surface area contributed by atoms with E-state index in [0.29, 0.717) is 11.5 Å². The maximum absolute atomic E-state index is 12.5. The van der Waals surface area contributed by atoms with Crippen LogP contribution in [-0.4, -0.2) is 38.2 Å². The topological polar surface area (TPSA) is 129 Å². The largest absolute Gasteiger partial charge is 0.450 e. The fourth-order valence-electron chi connectivity index (χ4n) is 2.77. The first-order valence-electron chi connectivity index (χ1n) is 9.29. The van der Waals surface area contributed by atoms with E-state index in [4.69, 9.17) is 4.74 Å². The number of rotatable bonds is 7. The second kappa shape index (κ2) is 9.18. The number of carbonyl (C=O) groups is 2. The van der Waals surface area contributed by atoms with Crippen molar-refractivity contribution in [3.63, 3.8) is 0 Å². The van der Waals surface area contributed by atoms with Crippen molar-refractivity contribution in [1.82, 2.24) is 14.8 Å². The van der Waals surface area contributed by atoms with Gasteiger partial charge >= 0.3 is 5.97 Å². The smallest absolute Gasteiger partial charge is 0.378 e. The van der Waals surface area contributed by atoms with Gasteiger partial charge in [-0.3, -0.25) is 14.9 Å². The van der Waals surface area contributed by atoms with Crippen LogP contribution in [0.1, 0.15) is 10.6 Å². The van der Waals surface area contributed by atoms with Gasteiger partial charge in [-0.15, -0.1) is 16.4 Å². The summed E-state index contributed by atoms with van der Waals surface area (Å²) in [6, 6.07) is 18.2. The molecule has 0 aliphatic rings. The lowest BCUT2D eigenvalue weighted by atomic mass is 10.3. The molecular formula is C21H15N5O5S. The third kappa shape index (κ3) is 4.68. The average Bonchev–Trinajstić information content (AvgIpc) is 3.48. The van der Waals surface area contributed by atoms with Gasteiger partial charge in [-0.05, 0) is 35.7 Å². The number of nitro benzene ring substituents is 1. The molecule has 10 nitrogen and oxygen atoms in total. The standard InChI is InChI=1S/C21H15N5O5S/c27-18(22-14-8-10-16(11-9-14)26(29)30)13-31-21(28)19-23-20(17-7-4-12-32-17)25(24-19)15-5-2-1-3-6-15/h1-12H,13H2,(H,22,27). The summed E-state index contributed by atoms with van der Waals surface area (Å²) in [5.41, 5.74) is 0.956. The molecule has 0 unspecified atom stereocenters. The molecule has 2 aromatic carbocycles. The molecule has 11 heteroatoms. The Hall–Kier alpha value is -4.38. The van der Waals surface area contributed by atoms with Gasteiger partial charge in [-0.25, -0.2) is 9.48 Å². The van der Waals surface area contributed by atoms with E-state index in [0.717, 1.165) is 10.6 Å². The minimum atomic E-state index is -0.851. The van der Waals surface area contributed by atoms with Crippen molar-refractivity contribution in [2.45, 2.75) is 0 Å². The Kier molecular flexibility index (Phi) is 5.99. The van der Waals surface area contributed by atoms with Gasteiger partial charge in [-0.2, -0.15) is 4.98 Å². The number of nitrogens with one attached hydrogen (secondary N) is 1. The minimum Gasteiger partial charge on any atom is -0.450 e. The zero-order valence-corrected chi connectivity index (χ0v) is 17.2. The average molecular weight is 449 g/mol. The maximum atomic E-state index is 12.5. The van der Waals surface area contributed by atoms with Crippen LogP contribution in [0.25, 0.3) is 16.4 Å². The molecule has 0 saturated heterocycles. The number of nitrogens with zero attached hydrogens (tertiary/aromatic N) is 4. The Morgan fingerprint density at radius 1 is 1.06 bits per heavy atom. The van der Waals surface area contributed by atoms with Gasteiger partial charge in [0.05, 0.1) is 15.5 Å². The van der Waals surface area contributed by atoms with Crippen molar-refractivity contribution >= 4 is 34.6 Å². The number of hydrogen-bond acceptors (Lipinski definition) is 8. The molecule has 32 heavy (non-hydrogen) atoms. The lowest BCUT2D eigenvalue weighted by Crippen LogP contribution is -2.21. The van der Waals surface area contributed by atoms with Crippen LogP contribution < -0.4 is 5.32 Å². The molecule has 1 amide bonds. The van der Waals surface area contributed by atoms with Crippen LogP contribution in [0.4, 0.5) is 11.4 Å². The summed E-state index contributed by atoms with van der Waals surface area (Å²) < 4.78 is 6.59. The Balaban J connectivity index is 1.45. The van der Waals surface area contributed by atoms with Gasteiger partial charge in [0.2, 0.25) is 0 Å². The van der Waals surface area contributed by atoms with Crippen molar-refractivity contribution in [2.75, 3.05) is 11.9 Å². The number of amides is 1. The van der Waals surface area contributed by atoms with E-state index in [1.807, 2.05) is 47.8 Å². The second-order valence-electron chi connectivity index (χ2n) is 6.41. The fraction of sp³-hybridized carbons (Fsp3) is 0.0476. The van der Waals surface area contributed by atoms with Crippen molar-refractivity contribution in [2.24, 2.45) is 0 Å². The predicted octanol–water partition coefficient (Wildman–Crippen LogP) is 3.70. The first-order chi connectivity index (χ1) is 15.5. The lowest BCUT2D eigenvalue weighted by molar-refractivity contribution is -0.384. The summed E-state index contributed by atoms with van der Waals surface area (Å²) in [6.07, 6.45) is 0. The molecule has 0 radical (unpaired) electrons. The molecule has 0 aliphatic heterocycles. The van der Waals surface area contributed by atoms with E-state index in [1.165, 1.54) is 35.6 Å². The van der Waals surface area contributed by atoms with Crippen molar-refractivity contribution in [3.05, 3.63) is 88.0 Å². The fourth-order valence-corrected chi connectivity index (χ4v) is 3.47. The molecule has 0 saturated carbocycles. The van der Waals surface area contributed by atoms with Crippen LogP contribution in [0, 0.1) is 10.1 Å². The van der Waals surface area contributed by atoms with Gasteiger partial charge < -0.3 is 10.1 Å². The van der Waals surface area contributed by atoms with Gasteiger partial charge in [-0.1, -0.05) is 24.3 Å². The highest BCUT2D eigenvalue weighted by molar-refractivity contribution is 7.13. The third-order valence-electron chi connectivity index (χ3n) is 4.23. The van der Waals surface area contributed by atoms with Gasteiger partial charge in [0.25, 0.3) is 17.4 Å². The molecule has 0 spiro atoms. The van der Waals surface area contributed by atoms with Crippen LogP contribution >= 0.6 is 11.3 Å². The monoisotopic (exact) mass is 449 g/mol. The van der Waals surface area contributed by atoms with E-state index in [-0.39, 0.29) is 11.5 Å². The number of nitro groups is 1. The van der Waals surface area contributed by atoms with Crippen LogP contribution in [0.3, 0.4) is 0 Å². The van der Waals surface area contributed by atoms with Crippen LogP contribution in [0.5, 0.6) is 0 Å². The summed E-state index contributed by atoms with van der Waals surface area (Å²) >= 11 is 1.45. The Bertz CT molecular complexity index is 1250. The van der Waals surface area contributed by atoms with E-state index < -0.39 is 23.4 Å². The number of anilines is 1. The van der Waals surface area contributed by atoms with E-state index >= 15 is 0 Å². The summed E-state index contributed by atoms with van der Waals surface area (Å²) in [4.78, 5) is 39.8. The van der Waals surface area contributed by atoms with Crippen molar-refractivity contribution < 1.29 is 19.2 Å². The van der Waals surface area contributed by atoms with Crippen molar-refractivity contribution in [1.29, 1.82) is 0 Å². The summed E-state index contributed by atoms with van der Waals surface area (Å²) in [6.45, 7) is -0.565. The lowest BCUT2D eigenvalue weighted by Gasteiger charge is -2.05. The number of benzene rings is 2. The first kappa shape index (κ1) is 20.9. The van der Waals surface area contributed by atoms with Crippen LogP contribution in [0.15, 0.2) is 72.1 Å². The molecule has 0 aliphatic carbocycles. The summed E-state index contributed by atoms with van der Waals surface area (Å²) in [5, 5.41) is 19.3. The molecule has 2 heterocycles. The molecule has 0 fully saturated rings. The molecular weight excluding hydrogens is 434 g/mol. The first-order valence-corrected chi connectivity index (χ1v) is 10.2. The number of thiophene rings is 1. The highest BCUT2D eigenvalue weighted by Gasteiger charge is 2.21. The Morgan fingerprint density at radius 3 is 2.47 bits per heavy atom. The predicted molar refractivity (Wildman–Crippen MR) is 117 cm³/mol. The molecule has 2 aromatic heterocycles. The number of carbonyl (C=O) groups excluding carboxylic acids is 2. The number of hydrogen-bond donors (Lipinski definition) is 1. The Morgan fingerprint density at radius 2 is 1.81 bits per heavy atom. The molecule has 0 atom stereocenters. The molecule has 4 aromatic rings. The minimum absolute atomic E-state index is 0.101. The highest BCUT2D eigenvalue weighted by atomic mass is 32.1. The molecule has 1 N–H and O–H groups in total. The molecule has 4 rings (SSSR count). The number of para-hydroxylation sites is 1. The number of non-ortho nitro benzene ring substituents is 1. The SMILES string of the molecule is O=C(COC(=O)c1nc(-c2cccs2)n(-c2ccccc2)n1)Nc1ccc([N+](=O)[O-])cc1. The van der Waals surface area contributed by atoms with Gasteiger partial charge in [0, 0.05) is 17.8 Å². The van der Waals surface area contributed by atoms with Crippen LogP contribution in [0.2, 0.25) is 0 Å². The zero-order valence-electron chi connectivity index (χ0n) is 16.4.